The number of aliphatic hydroxyl groups is 1. The number of hydrogen-bond donors (Lipinski definition) is 4. The number of aromatic amines is 1. The molecule has 25 heavy (non-hydrogen) atoms. The minimum atomic E-state index is -0.825. The summed E-state index contributed by atoms with van der Waals surface area (Å²) in [4.78, 5) is 11.7. The van der Waals surface area contributed by atoms with Crippen LogP contribution in [-0.4, -0.2) is 44.3 Å². The van der Waals surface area contributed by atoms with E-state index in [0.717, 1.165) is 16.6 Å². The number of pyridine rings is 1. The monoisotopic (exact) mass is 380 g/mol. The summed E-state index contributed by atoms with van der Waals surface area (Å²) in [5.74, 6) is 0.733. The van der Waals surface area contributed by atoms with Gasteiger partial charge in [-0.25, -0.2) is 9.97 Å². The van der Waals surface area contributed by atoms with Crippen molar-refractivity contribution >= 4 is 40.1 Å². The number of phenols is 1. The fraction of sp³-hybridized carbons (Fsp3) is 0.250. The molecule has 0 spiro atoms. The molecule has 4 N–H and O–H groups in total. The van der Waals surface area contributed by atoms with Crippen LogP contribution in [0.2, 0.25) is 5.15 Å². The van der Waals surface area contributed by atoms with E-state index in [1.807, 2.05) is 6.92 Å². The van der Waals surface area contributed by atoms with Gasteiger partial charge >= 0.3 is 0 Å². The number of imidazole rings is 1. The summed E-state index contributed by atoms with van der Waals surface area (Å²) >= 11 is 7.36. The van der Waals surface area contributed by atoms with Crippen LogP contribution >= 0.6 is 23.4 Å². The molecule has 3 aromatic rings. The van der Waals surface area contributed by atoms with E-state index in [1.54, 1.807) is 18.3 Å². The highest BCUT2D eigenvalue weighted by Crippen LogP contribution is 2.29. The number of rotatable bonds is 6. The molecule has 0 saturated carbocycles. The molecule has 0 aliphatic rings. The number of phenolic OH excluding ortho intramolecular Hbond substituents is 1. The lowest BCUT2D eigenvalue weighted by Gasteiger charge is -2.14. The summed E-state index contributed by atoms with van der Waals surface area (Å²) in [7, 11) is 1.48. The van der Waals surface area contributed by atoms with Gasteiger partial charge in [-0.3, -0.25) is 0 Å². The lowest BCUT2D eigenvalue weighted by Crippen LogP contribution is -2.21. The number of methoxy groups -OCH3 is 1. The molecule has 9 heteroatoms. The molecule has 7 nitrogen and oxygen atoms in total. The smallest absolute Gasteiger partial charge is 0.166 e. The number of aromatic nitrogens is 3. The van der Waals surface area contributed by atoms with Gasteiger partial charge in [0.15, 0.2) is 16.7 Å². The molecule has 0 fully saturated rings. The Kier molecular flexibility index (Phi) is 5.22. The number of aromatic hydroxyl groups is 1. The van der Waals surface area contributed by atoms with Crippen molar-refractivity contribution in [1.29, 1.82) is 0 Å². The fourth-order valence-electron chi connectivity index (χ4n) is 2.30. The Bertz CT molecular complexity index is 902. The van der Waals surface area contributed by atoms with Crippen molar-refractivity contribution in [3.05, 3.63) is 35.1 Å². The van der Waals surface area contributed by atoms with Crippen LogP contribution in [0.4, 0.5) is 5.69 Å². The Morgan fingerprint density at radius 2 is 2.24 bits per heavy atom. The maximum absolute atomic E-state index is 10.1. The van der Waals surface area contributed by atoms with Crippen molar-refractivity contribution in [3.8, 4) is 11.5 Å². The van der Waals surface area contributed by atoms with Gasteiger partial charge < -0.3 is 25.3 Å². The Hall–Kier alpha value is -2.16. The quantitative estimate of drug-likeness (QED) is 0.296. The number of anilines is 1. The Morgan fingerprint density at radius 3 is 2.96 bits per heavy atom. The molecule has 2 heterocycles. The van der Waals surface area contributed by atoms with E-state index >= 15 is 0 Å². The molecule has 3 rings (SSSR count). The molecule has 0 saturated heterocycles. The van der Waals surface area contributed by atoms with Crippen molar-refractivity contribution in [3.63, 3.8) is 0 Å². The van der Waals surface area contributed by atoms with E-state index in [-0.39, 0.29) is 5.75 Å². The summed E-state index contributed by atoms with van der Waals surface area (Å²) in [5.41, 5.74) is 2.97. The zero-order valence-corrected chi connectivity index (χ0v) is 15.1. The molecule has 0 aliphatic carbocycles. The third-order valence-corrected chi connectivity index (χ3v) is 4.90. The highest BCUT2D eigenvalue weighted by Gasteiger charge is 2.12. The largest absolute Gasteiger partial charge is 0.504 e. The maximum atomic E-state index is 10.1. The van der Waals surface area contributed by atoms with Crippen LogP contribution in [0.3, 0.4) is 0 Å². The number of nitrogens with one attached hydrogen (secondary N) is 2. The third kappa shape index (κ3) is 3.92. The van der Waals surface area contributed by atoms with Crippen molar-refractivity contribution in [2.45, 2.75) is 18.3 Å². The Labute approximate surface area is 153 Å². The van der Waals surface area contributed by atoms with Gasteiger partial charge in [0.25, 0.3) is 0 Å². The minimum Gasteiger partial charge on any atom is -0.504 e. The molecule has 1 atom stereocenters. The Morgan fingerprint density at radius 1 is 1.44 bits per heavy atom. The molecular formula is C16H17ClN4O3S. The number of aryl methyl sites for hydroxylation is 1. The first-order valence-electron chi connectivity index (χ1n) is 7.43. The molecule has 2 aromatic heterocycles. The lowest BCUT2D eigenvalue weighted by atomic mass is 10.2. The number of fused-ring (bicyclic) bond motifs is 1. The van der Waals surface area contributed by atoms with E-state index in [4.69, 9.17) is 16.3 Å². The standard InChI is InChI=1S/C16H17ClN4O3S/c1-8-14-10(6-18-15(8)17)20-16(21-14)25-7-13(23)19-9-3-4-12(24-2)11(22)5-9/h3-6,13,19,22-23H,7H2,1-2H3,(H,20,21). The van der Waals surface area contributed by atoms with Gasteiger partial charge in [-0.15, -0.1) is 0 Å². The third-order valence-electron chi connectivity index (χ3n) is 3.57. The number of hydrogen-bond acceptors (Lipinski definition) is 7. The molecule has 1 aromatic carbocycles. The summed E-state index contributed by atoms with van der Waals surface area (Å²) < 4.78 is 4.99. The number of H-pyrrole nitrogens is 1. The second-order valence-electron chi connectivity index (χ2n) is 5.34. The van der Waals surface area contributed by atoms with Crippen LogP contribution < -0.4 is 10.1 Å². The first-order chi connectivity index (χ1) is 12.0. The Balaban J connectivity index is 1.63. The van der Waals surface area contributed by atoms with E-state index in [2.05, 4.69) is 20.3 Å². The van der Waals surface area contributed by atoms with Crippen LogP contribution in [0.1, 0.15) is 5.56 Å². The van der Waals surface area contributed by atoms with Gasteiger partial charge in [0.1, 0.15) is 11.4 Å². The van der Waals surface area contributed by atoms with Crippen molar-refractivity contribution < 1.29 is 14.9 Å². The molecular weight excluding hydrogens is 364 g/mol. The normalized spacial score (nSPS) is 12.3. The van der Waals surface area contributed by atoms with E-state index in [0.29, 0.717) is 27.5 Å². The average molecular weight is 381 g/mol. The highest BCUT2D eigenvalue weighted by atomic mass is 35.5. The van der Waals surface area contributed by atoms with Gasteiger partial charge in [-0.2, -0.15) is 0 Å². The van der Waals surface area contributed by atoms with Crippen LogP contribution in [0.25, 0.3) is 11.0 Å². The molecule has 0 radical (unpaired) electrons. The molecule has 132 valence electrons. The zero-order chi connectivity index (χ0) is 18.0. The summed E-state index contributed by atoms with van der Waals surface area (Å²) in [6.07, 6.45) is 0.810. The number of aliphatic hydroxyl groups excluding tert-OH is 1. The van der Waals surface area contributed by atoms with Crippen molar-refractivity contribution in [1.82, 2.24) is 15.0 Å². The number of benzene rings is 1. The average Bonchev–Trinajstić information content (AvgIpc) is 3.01. The van der Waals surface area contributed by atoms with E-state index < -0.39 is 6.23 Å². The zero-order valence-electron chi connectivity index (χ0n) is 13.6. The summed E-state index contributed by atoms with van der Waals surface area (Å²) in [6.45, 7) is 1.86. The van der Waals surface area contributed by atoms with Crippen molar-refractivity contribution in [2.24, 2.45) is 0 Å². The number of ether oxygens (including phenoxy) is 1. The SMILES string of the molecule is COc1ccc(NC(O)CSc2nc3c(C)c(Cl)ncc3[nH]2)cc1O. The van der Waals surface area contributed by atoms with Crippen LogP contribution in [0.15, 0.2) is 29.6 Å². The maximum Gasteiger partial charge on any atom is 0.166 e. The second kappa shape index (κ2) is 7.38. The first-order valence-corrected chi connectivity index (χ1v) is 8.79. The molecule has 0 aliphatic heterocycles. The topological polar surface area (TPSA) is 103 Å². The van der Waals surface area contributed by atoms with Crippen LogP contribution in [-0.2, 0) is 0 Å². The van der Waals surface area contributed by atoms with E-state index in [1.165, 1.54) is 24.9 Å². The summed E-state index contributed by atoms with van der Waals surface area (Å²) in [5, 5.41) is 23.9. The van der Waals surface area contributed by atoms with Gasteiger partial charge in [0.2, 0.25) is 0 Å². The van der Waals surface area contributed by atoms with Gasteiger partial charge in [0, 0.05) is 23.1 Å². The van der Waals surface area contributed by atoms with Gasteiger partial charge in [-0.05, 0) is 19.1 Å². The van der Waals surface area contributed by atoms with Crippen LogP contribution in [0, 0.1) is 6.92 Å². The minimum absolute atomic E-state index is 0.00416. The predicted molar refractivity (Wildman–Crippen MR) is 98.6 cm³/mol. The number of thioether (sulfide) groups is 1. The van der Waals surface area contributed by atoms with Crippen molar-refractivity contribution in [2.75, 3.05) is 18.2 Å². The first kappa shape index (κ1) is 17.7. The van der Waals surface area contributed by atoms with E-state index in [9.17, 15) is 10.2 Å². The van der Waals surface area contributed by atoms with Crippen LogP contribution in [0.5, 0.6) is 11.5 Å². The molecule has 1 unspecified atom stereocenters. The second-order valence-corrected chi connectivity index (χ2v) is 6.70. The van der Waals surface area contributed by atoms with Gasteiger partial charge in [0.05, 0.1) is 24.3 Å². The number of halogens is 1. The highest BCUT2D eigenvalue weighted by molar-refractivity contribution is 7.99. The number of nitrogens with zero attached hydrogens (tertiary/aromatic N) is 2. The molecule has 0 bridgehead atoms. The fourth-order valence-corrected chi connectivity index (χ4v) is 3.17. The summed E-state index contributed by atoms with van der Waals surface area (Å²) in [6, 6.07) is 4.83. The lowest BCUT2D eigenvalue weighted by molar-refractivity contribution is 0.229. The predicted octanol–water partition coefficient (Wildman–Crippen LogP) is 3.16. The molecule has 0 amide bonds. The van der Waals surface area contributed by atoms with Gasteiger partial charge in [-0.1, -0.05) is 23.4 Å².